The first-order valence-electron chi connectivity index (χ1n) is 9.98. The molecule has 0 radical (unpaired) electrons. The summed E-state index contributed by atoms with van der Waals surface area (Å²) in [5.74, 6) is 0.875. The molecule has 2 unspecified atom stereocenters. The summed E-state index contributed by atoms with van der Waals surface area (Å²) in [7, 11) is 0. The van der Waals surface area contributed by atoms with E-state index < -0.39 is 0 Å². The van der Waals surface area contributed by atoms with Crippen molar-refractivity contribution in [3.63, 3.8) is 0 Å². The van der Waals surface area contributed by atoms with Gasteiger partial charge < -0.3 is 15.0 Å². The van der Waals surface area contributed by atoms with Crippen molar-refractivity contribution in [3.05, 3.63) is 71.8 Å². The van der Waals surface area contributed by atoms with Crippen molar-refractivity contribution in [2.24, 2.45) is 0 Å². The summed E-state index contributed by atoms with van der Waals surface area (Å²) >= 11 is 0. The zero-order chi connectivity index (χ0) is 19.7. The third kappa shape index (κ3) is 3.09. The van der Waals surface area contributed by atoms with Gasteiger partial charge in [-0.2, -0.15) is 0 Å². The van der Waals surface area contributed by atoms with Gasteiger partial charge in [-0.05, 0) is 49.2 Å². The van der Waals surface area contributed by atoms with Crippen LogP contribution in [-0.2, 0) is 0 Å². The van der Waals surface area contributed by atoms with Gasteiger partial charge in [-0.3, -0.25) is 4.79 Å². The van der Waals surface area contributed by atoms with Crippen molar-refractivity contribution in [2.75, 3.05) is 11.9 Å². The van der Waals surface area contributed by atoms with Crippen LogP contribution in [0.2, 0.25) is 0 Å². The van der Waals surface area contributed by atoms with Crippen LogP contribution in [0.15, 0.2) is 60.7 Å². The standard InChI is InChI=1S/C24H26N2O2/c1-4-16(3)28-21-15-14-17-10-6-7-11-18(17)22(21)23-25-20-13-9-8-12-19(20)24(27)26(23)5-2/h6-16,23,25H,4-5H2,1-3H3. The van der Waals surface area contributed by atoms with Crippen molar-refractivity contribution >= 4 is 22.4 Å². The van der Waals surface area contributed by atoms with Gasteiger partial charge in [0, 0.05) is 17.8 Å². The highest BCUT2D eigenvalue weighted by molar-refractivity contribution is 6.02. The molecule has 2 atom stereocenters. The Morgan fingerprint density at radius 1 is 1.04 bits per heavy atom. The fourth-order valence-electron chi connectivity index (χ4n) is 3.81. The Morgan fingerprint density at radius 2 is 1.79 bits per heavy atom. The molecule has 0 aromatic heterocycles. The van der Waals surface area contributed by atoms with Crippen LogP contribution in [0, 0.1) is 0 Å². The molecule has 4 heteroatoms. The van der Waals surface area contributed by atoms with E-state index in [1.165, 1.54) is 0 Å². The number of para-hydroxylation sites is 1. The predicted molar refractivity (Wildman–Crippen MR) is 114 cm³/mol. The average molecular weight is 374 g/mol. The van der Waals surface area contributed by atoms with Crippen LogP contribution in [0.5, 0.6) is 5.75 Å². The second kappa shape index (κ2) is 7.55. The highest BCUT2D eigenvalue weighted by atomic mass is 16.5. The van der Waals surface area contributed by atoms with Crippen LogP contribution >= 0.6 is 0 Å². The zero-order valence-corrected chi connectivity index (χ0v) is 16.6. The van der Waals surface area contributed by atoms with E-state index in [-0.39, 0.29) is 18.2 Å². The Bertz CT molecular complexity index is 1010. The van der Waals surface area contributed by atoms with E-state index in [9.17, 15) is 4.79 Å². The van der Waals surface area contributed by atoms with Crippen LogP contribution in [0.25, 0.3) is 10.8 Å². The summed E-state index contributed by atoms with van der Waals surface area (Å²) in [5.41, 5.74) is 2.60. The fourth-order valence-corrected chi connectivity index (χ4v) is 3.81. The van der Waals surface area contributed by atoms with Gasteiger partial charge in [-0.15, -0.1) is 0 Å². The molecule has 0 bridgehead atoms. The van der Waals surface area contributed by atoms with Gasteiger partial charge in [0.15, 0.2) is 0 Å². The van der Waals surface area contributed by atoms with E-state index in [0.29, 0.717) is 12.1 Å². The Kier molecular flexibility index (Phi) is 4.95. The number of carbonyl (C=O) groups excluding carboxylic acids is 1. The first-order valence-corrected chi connectivity index (χ1v) is 9.98. The van der Waals surface area contributed by atoms with Gasteiger partial charge in [0.1, 0.15) is 11.9 Å². The fraction of sp³-hybridized carbons (Fsp3) is 0.292. The Labute approximate surface area is 166 Å². The largest absolute Gasteiger partial charge is 0.490 e. The average Bonchev–Trinajstić information content (AvgIpc) is 2.73. The number of ether oxygens (including phenoxy) is 1. The summed E-state index contributed by atoms with van der Waals surface area (Å²) < 4.78 is 6.29. The maximum Gasteiger partial charge on any atom is 0.257 e. The van der Waals surface area contributed by atoms with Crippen LogP contribution in [0.3, 0.4) is 0 Å². The first-order chi connectivity index (χ1) is 13.6. The highest BCUT2D eigenvalue weighted by Crippen LogP contribution is 2.40. The third-order valence-corrected chi connectivity index (χ3v) is 5.47. The number of rotatable bonds is 5. The lowest BCUT2D eigenvalue weighted by molar-refractivity contribution is 0.0692. The molecule has 1 aliphatic heterocycles. The molecular weight excluding hydrogens is 348 g/mol. The molecule has 0 saturated heterocycles. The van der Waals surface area contributed by atoms with E-state index >= 15 is 0 Å². The van der Waals surface area contributed by atoms with E-state index in [0.717, 1.165) is 34.2 Å². The molecule has 0 saturated carbocycles. The number of hydrogen-bond donors (Lipinski definition) is 1. The van der Waals surface area contributed by atoms with Crippen molar-refractivity contribution < 1.29 is 9.53 Å². The van der Waals surface area contributed by atoms with Crippen LogP contribution in [-0.4, -0.2) is 23.5 Å². The van der Waals surface area contributed by atoms with E-state index in [4.69, 9.17) is 4.74 Å². The summed E-state index contributed by atoms with van der Waals surface area (Å²) in [6, 6.07) is 20.1. The zero-order valence-electron chi connectivity index (χ0n) is 16.6. The molecule has 28 heavy (non-hydrogen) atoms. The van der Waals surface area contributed by atoms with Gasteiger partial charge in [-0.1, -0.05) is 49.4 Å². The minimum Gasteiger partial charge on any atom is -0.490 e. The molecule has 4 nitrogen and oxygen atoms in total. The van der Waals surface area contributed by atoms with Crippen LogP contribution in [0.4, 0.5) is 5.69 Å². The quantitative estimate of drug-likeness (QED) is 0.632. The number of anilines is 1. The van der Waals surface area contributed by atoms with Crippen LogP contribution < -0.4 is 10.1 Å². The normalized spacial score (nSPS) is 17.2. The molecule has 3 aromatic carbocycles. The van der Waals surface area contributed by atoms with Crippen molar-refractivity contribution in [2.45, 2.75) is 39.5 Å². The van der Waals surface area contributed by atoms with Crippen molar-refractivity contribution in [1.29, 1.82) is 0 Å². The lowest BCUT2D eigenvalue weighted by atomic mass is 9.97. The molecule has 0 fully saturated rings. The molecular formula is C24H26N2O2. The van der Waals surface area contributed by atoms with Gasteiger partial charge in [-0.25, -0.2) is 0 Å². The number of nitrogens with one attached hydrogen (secondary N) is 1. The maximum absolute atomic E-state index is 13.2. The molecule has 4 rings (SSSR count). The van der Waals surface area contributed by atoms with E-state index in [2.05, 4.69) is 37.4 Å². The monoisotopic (exact) mass is 374 g/mol. The molecule has 0 spiro atoms. The topological polar surface area (TPSA) is 41.6 Å². The van der Waals surface area contributed by atoms with Gasteiger partial charge in [0.2, 0.25) is 0 Å². The molecule has 1 aliphatic rings. The summed E-state index contributed by atoms with van der Waals surface area (Å²) in [5, 5.41) is 5.83. The number of nitrogens with zero attached hydrogens (tertiary/aromatic N) is 1. The predicted octanol–water partition coefficient (Wildman–Crippen LogP) is 5.60. The molecule has 144 valence electrons. The number of benzene rings is 3. The molecule has 3 aromatic rings. The maximum atomic E-state index is 13.2. The Morgan fingerprint density at radius 3 is 2.57 bits per heavy atom. The summed E-state index contributed by atoms with van der Waals surface area (Å²) in [6.07, 6.45) is 0.739. The molecule has 1 amide bonds. The van der Waals surface area contributed by atoms with E-state index in [1.54, 1.807) is 0 Å². The van der Waals surface area contributed by atoms with Gasteiger partial charge >= 0.3 is 0 Å². The summed E-state index contributed by atoms with van der Waals surface area (Å²) in [6.45, 7) is 6.81. The van der Waals surface area contributed by atoms with Gasteiger partial charge in [0.05, 0.1) is 11.7 Å². The highest BCUT2D eigenvalue weighted by Gasteiger charge is 2.34. The van der Waals surface area contributed by atoms with Crippen molar-refractivity contribution in [1.82, 2.24) is 4.90 Å². The first kappa shape index (κ1) is 18.4. The number of hydrogen-bond acceptors (Lipinski definition) is 3. The second-order valence-corrected chi connectivity index (χ2v) is 7.22. The smallest absolute Gasteiger partial charge is 0.257 e. The minimum atomic E-state index is -0.280. The van der Waals surface area contributed by atoms with Crippen LogP contribution in [0.1, 0.15) is 49.3 Å². The lowest BCUT2D eigenvalue weighted by Gasteiger charge is -2.38. The van der Waals surface area contributed by atoms with Gasteiger partial charge in [0.25, 0.3) is 5.91 Å². The van der Waals surface area contributed by atoms with Crippen molar-refractivity contribution in [3.8, 4) is 5.75 Å². The number of amides is 1. The Hall–Kier alpha value is -3.01. The third-order valence-electron chi connectivity index (χ3n) is 5.47. The molecule has 0 aliphatic carbocycles. The summed E-state index contributed by atoms with van der Waals surface area (Å²) in [4.78, 5) is 15.1. The molecule has 1 heterocycles. The van der Waals surface area contributed by atoms with E-state index in [1.807, 2.05) is 54.3 Å². The lowest BCUT2D eigenvalue weighted by Crippen LogP contribution is -2.43. The number of fused-ring (bicyclic) bond motifs is 2. The number of carbonyl (C=O) groups is 1. The second-order valence-electron chi connectivity index (χ2n) is 7.22. The Balaban J connectivity index is 1.91. The SMILES string of the molecule is CCC(C)Oc1ccc2ccccc2c1C1Nc2ccccc2C(=O)N1CC. The minimum absolute atomic E-state index is 0.0456. The molecule has 1 N–H and O–H groups in total.